The number of nitriles is 2. The number of carbonyl (C=O) groups excluding carboxylic acids is 1. The summed E-state index contributed by atoms with van der Waals surface area (Å²) in [5.41, 5.74) is 0.150. The molecule has 0 unspecified atom stereocenters. The molecule has 1 fully saturated rings. The molecular weight excluding hydrogens is 299 g/mol. The van der Waals surface area contributed by atoms with Gasteiger partial charge in [-0.05, 0) is 32.0 Å². The molecule has 1 amide bonds. The van der Waals surface area contributed by atoms with Crippen LogP contribution in [0.15, 0.2) is 18.2 Å². The van der Waals surface area contributed by atoms with Crippen molar-refractivity contribution in [1.29, 1.82) is 10.5 Å². The Labute approximate surface area is 134 Å². The van der Waals surface area contributed by atoms with E-state index in [1.165, 1.54) is 12.1 Å². The monoisotopic (exact) mass is 316 g/mol. The van der Waals surface area contributed by atoms with Crippen molar-refractivity contribution in [3.8, 4) is 12.3 Å². The van der Waals surface area contributed by atoms with Gasteiger partial charge in [0.25, 0.3) is 0 Å². The quantitative estimate of drug-likeness (QED) is 0.625. The van der Waals surface area contributed by atoms with E-state index in [1.54, 1.807) is 11.0 Å². The fourth-order valence-corrected chi connectivity index (χ4v) is 2.57. The summed E-state index contributed by atoms with van der Waals surface area (Å²) in [7, 11) is 0. The summed E-state index contributed by atoms with van der Waals surface area (Å²) in [5, 5.41) is 18.1. The molecule has 0 aliphatic carbocycles. The van der Waals surface area contributed by atoms with Crippen LogP contribution < -0.4 is 4.90 Å². The predicted octanol–water partition coefficient (Wildman–Crippen LogP) is 1.62. The zero-order valence-electron chi connectivity index (χ0n) is 13.0. The molecule has 0 saturated carbocycles. The molecule has 0 spiro atoms. The Bertz CT molecular complexity index is 670. The van der Waals surface area contributed by atoms with Gasteiger partial charge in [-0.25, -0.2) is 4.39 Å². The molecule has 1 heterocycles. The van der Waals surface area contributed by atoms with Crippen LogP contribution >= 0.6 is 0 Å². The summed E-state index contributed by atoms with van der Waals surface area (Å²) in [6.45, 7) is 4.55. The van der Waals surface area contributed by atoms with Crippen LogP contribution in [0.25, 0.3) is 0 Å². The highest BCUT2D eigenvalue weighted by Gasteiger charge is 2.27. The zero-order chi connectivity index (χ0) is 17.0. The van der Waals surface area contributed by atoms with Crippen molar-refractivity contribution in [3.63, 3.8) is 0 Å². The van der Waals surface area contributed by atoms with E-state index in [4.69, 9.17) is 10.00 Å². The lowest BCUT2D eigenvalue weighted by atomic mass is 10.2. The SMILES string of the molecule is C[C@@H]1CN(C(=O)CN(C#N)c2ccc(F)c(C#N)c2)C[C@H](C)O1. The molecule has 23 heavy (non-hydrogen) atoms. The van der Waals surface area contributed by atoms with Crippen molar-refractivity contribution in [2.75, 3.05) is 24.5 Å². The van der Waals surface area contributed by atoms with E-state index in [0.29, 0.717) is 18.8 Å². The minimum absolute atomic E-state index is 0.0609. The first-order chi connectivity index (χ1) is 10.9. The summed E-state index contributed by atoms with van der Waals surface area (Å²) in [6.07, 6.45) is 1.78. The van der Waals surface area contributed by atoms with Crippen LogP contribution in [0.4, 0.5) is 10.1 Å². The van der Waals surface area contributed by atoms with Crippen molar-refractivity contribution >= 4 is 11.6 Å². The van der Waals surface area contributed by atoms with E-state index in [9.17, 15) is 14.4 Å². The summed E-state index contributed by atoms with van der Waals surface area (Å²) in [5.74, 6) is -0.868. The van der Waals surface area contributed by atoms with Crippen LogP contribution in [0.3, 0.4) is 0 Å². The van der Waals surface area contributed by atoms with E-state index >= 15 is 0 Å². The molecule has 2 atom stereocenters. The van der Waals surface area contributed by atoms with E-state index < -0.39 is 5.82 Å². The van der Waals surface area contributed by atoms with Crippen molar-refractivity contribution < 1.29 is 13.9 Å². The van der Waals surface area contributed by atoms with Gasteiger partial charge in [-0.2, -0.15) is 10.5 Å². The molecular formula is C16H17FN4O2. The lowest BCUT2D eigenvalue weighted by molar-refractivity contribution is -0.141. The molecule has 1 aromatic rings. The number of carbonyl (C=O) groups is 1. The highest BCUT2D eigenvalue weighted by Crippen LogP contribution is 2.19. The fraction of sp³-hybridized carbons (Fsp3) is 0.438. The van der Waals surface area contributed by atoms with Crippen molar-refractivity contribution in [1.82, 2.24) is 4.90 Å². The Hall–Kier alpha value is -2.64. The third-order valence-corrected chi connectivity index (χ3v) is 3.57. The number of nitrogens with zero attached hydrogens (tertiary/aromatic N) is 4. The van der Waals surface area contributed by atoms with Gasteiger partial charge in [-0.3, -0.25) is 9.69 Å². The topological polar surface area (TPSA) is 80.4 Å². The number of halogens is 1. The first kappa shape index (κ1) is 16.7. The van der Waals surface area contributed by atoms with Crippen molar-refractivity contribution in [3.05, 3.63) is 29.6 Å². The second kappa shape index (κ2) is 7.08. The number of rotatable bonds is 3. The largest absolute Gasteiger partial charge is 0.372 e. The number of ether oxygens (including phenoxy) is 1. The Balaban J connectivity index is 2.12. The van der Waals surface area contributed by atoms with Gasteiger partial charge < -0.3 is 9.64 Å². The summed E-state index contributed by atoms with van der Waals surface area (Å²) < 4.78 is 18.9. The molecule has 7 heteroatoms. The maximum atomic E-state index is 13.4. The third-order valence-electron chi connectivity index (χ3n) is 3.57. The van der Waals surface area contributed by atoms with Gasteiger partial charge >= 0.3 is 0 Å². The van der Waals surface area contributed by atoms with Crippen molar-refractivity contribution in [2.24, 2.45) is 0 Å². The van der Waals surface area contributed by atoms with Gasteiger partial charge in [-0.15, -0.1) is 0 Å². The van der Waals surface area contributed by atoms with Crippen molar-refractivity contribution in [2.45, 2.75) is 26.1 Å². The lowest BCUT2D eigenvalue weighted by Gasteiger charge is -2.35. The number of hydrogen-bond acceptors (Lipinski definition) is 5. The highest BCUT2D eigenvalue weighted by molar-refractivity contribution is 5.82. The molecule has 120 valence electrons. The fourth-order valence-electron chi connectivity index (χ4n) is 2.57. The van der Waals surface area contributed by atoms with E-state index in [1.807, 2.05) is 20.0 Å². The summed E-state index contributed by atoms with van der Waals surface area (Å²) in [4.78, 5) is 15.2. The number of amides is 1. The number of hydrogen-bond donors (Lipinski definition) is 0. The molecule has 0 radical (unpaired) electrons. The normalized spacial score (nSPS) is 20.5. The lowest BCUT2D eigenvalue weighted by Crippen LogP contribution is -2.50. The number of anilines is 1. The molecule has 1 aliphatic rings. The Kier molecular flexibility index (Phi) is 5.15. The molecule has 0 aromatic heterocycles. The van der Waals surface area contributed by atoms with Crippen LogP contribution in [0.1, 0.15) is 19.4 Å². The molecule has 1 saturated heterocycles. The van der Waals surface area contributed by atoms with Gasteiger partial charge in [0, 0.05) is 13.1 Å². The average molecular weight is 316 g/mol. The minimum atomic E-state index is -0.656. The number of benzene rings is 1. The maximum Gasteiger partial charge on any atom is 0.243 e. The van der Waals surface area contributed by atoms with Gasteiger partial charge in [0.05, 0.1) is 23.5 Å². The molecule has 0 N–H and O–H groups in total. The number of morpholine rings is 1. The van der Waals surface area contributed by atoms with E-state index in [2.05, 4.69) is 0 Å². The second-order valence-corrected chi connectivity index (χ2v) is 5.52. The third kappa shape index (κ3) is 3.97. The first-order valence-corrected chi connectivity index (χ1v) is 7.24. The molecule has 0 bridgehead atoms. The Morgan fingerprint density at radius 3 is 2.61 bits per heavy atom. The highest BCUT2D eigenvalue weighted by atomic mass is 19.1. The maximum absolute atomic E-state index is 13.4. The molecule has 1 aliphatic heterocycles. The summed E-state index contributed by atoms with van der Waals surface area (Å²) in [6, 6.07) is 5.47. The van der Waals surface area contributed by atoms with Gasteiger partial charge in [0.15, 0.2) is 6.19 Å². The summed E-state index contributed by atoms with van der Waals surface area (Å²) >= 11 is 0. The Morgan fingerprint density at radius 1 is 1.39 bits per heavy atom. The van der Waals surface area contributed by atoms with Gasteiger partial charge in [0.1, 0.15) is 18.4 Å². The Morgan fingerprint density at radius 2 is 2.04 bits per heavy atom. The van der Waals surface area contributed by atoms with Crippen LogP contribution in [0, 0.1) is 28.6 Å². The first-order valence-electron chi connectivity index (χ1n) is 7.24. The van der Waals surface area contributed by atoms with Crippen LogP contribution in [-0.2, 0) is 9.53 Å². The molecule has 1 aromatic carbocycles. The van der Waals surface area contributed by atoms with Crippen LogP contribution in [-0.4, -0.2) is 42.6 Å². The standard InChI is InChI=1S/C16H17FN4O2/c1-11-7-20(8-12(2)23-11)16(22)9-21(10-19)14-3-4-15(17)13(5-14)6-18/h3-5,11-12H,7-9H2,1-2H3/t11-,12+. The van der Waals surface area contributed by atoms with Gasteiger partial charge in [0.2, 0.25) is 5.91 Å². The average Bonchev–Trinajstić information content (AvgIpc) is 2.52. The molecule has 6 nitrogen and oxygen atoms in total. The predicted molar refractivity (Wildman–Crippen MR) is 80.7 cm³/mol. The zero-order valence-corrected chi connectivity index (χ0v) is 13.0. The van der Waals surface area contributed by atoms with E-state index in [0.717, 1.165) is 11.0 Å². The minimum Gasteiger partial charge on any atom is -0.372 e. The van der Waals surface area contributed by atoms with Crippen LogP contribution in [0.2, 0.25) is 0 Å². The van der Waals surface area contributed by atoms with Crippen LogP contribution in [0.5, 0.6) is 0 Å². The van der Waals surface area contributed by atoms with Gasteiger partial charge in [-0.1, -0.05) is 0 Å². The molecule has 2 rings (SSSR count). The van der Waals surface area contributed by atoms with E-state index in [-0.39, 0.29) is 30.2 Å². The smallest absolute Gasteiger partial charge is 0.243 e. The second-order valence-electron chi connectivity index (χ2n) is 5.52.